The number of halogens is 1. The first-order chi connectivity index (χ1) is 6.74. The van der Waals surface area contributed by atoms with Crippen molar-refractivity contribution in [2.75, 3.05) is 6.54 Å². The fourth-order valence-corrected chi connectivity index (χ4v) is 2.06. The Kier molecular flexibility index (Phi) is 2.42. The van der Waals surface area contributed by atoms with Gasteiger partial charge in [-0.05, 0) is 31.0 Å². The van der Waals surface area contributed by atoms with Gasteiger partial charge >= 0.3 is 0 Å². The maximum absolute atomic E-state index is 13.1. The van der Waals surface area contributed by atoms with Gasteiger partial charge in [-0.1, -0.05) is 13.0 Å². The number of phenols is 1. The lowest BCUT2D eigenvalue weighted by atomic mass is 9.92. The Labute approximate surface area is 82.8 Å². The molecule has 14 heavy (non-hydrogen) atoms. The van der Waals surface area contributed by atoms with E-state index in [-0.39, 0.29) is 11.8 Å². The minimum atomic E-state index is -0.513. The smallest absolute Gasteiger partial charge is 0.165 e. The monoisotopic (exact) mass is 195 g/mol. The molecule has 0 aliphatic carbocycles. The summed E-state index contributed by atoms with van der Waals surface area (Å²) in [6, 6.07) is 3.36. The summed E-state index contributed by atoms with van der Waals surface area (Å²) in [5.41, 5.74) is 1.81. The van der Waals surface area contributed by atoms with Crippen LogP contribution in [0.15, 0.2) is 12.1 Å². The van der Waals surface area contributed by atoms with Crippen LogP contribution in [0.4, 0.5) is 4.39 Å². The lowest BCUT2D eigenvalue weighted by Gasteiger charge is -2.26. The van der Waals surface area contributed by atoms with Gasteiger partial charge in [0.15, 0.2) is 11.6 Å². The molecule has 1 aromatic carbocycles. The summed E-state index contributed by atoms with van der Waals surface area (Å²) in [7, 11) is 0. The second kappa shape index (κ2) is 3.58. The lowest BCUT2D eigenvalue weighted by Crippen LogP contribution is -2.29. The van der Waals surface area contributed by atoms with Gasteiger partial charge in [0.2, 0.25) is 0 Å². The van der Waals surface area contributed by atoms with Crippen molar-refractivity contribution in [3.05, 3.63) is 29.1 Å². The maximum Gasteiger partial charge on any atom is 0.165 e. The largest absolute Gasteiger partial charge is 0.505 e. The Hall–Kier alpha value is -1.09. The molecule has 0 bridgehead atoms. The zero-order chi connectivity index (χ0) is 10.1. The summed E-state index contributed by atoms with van der Waals surface area (Å²) in [5.74, 6) is -0.678. The second-order valence-corrected chi connectivity index (χ2v) is 3.63. The van der Waals surface area contributed by atoms with Crippen LogP contribution < -0.4 is 5.32 Å². The molecule has 1 aromatic rings. The van der Waals surface area contributed by atoms with Gasteiger partial charge in [0.1, 0.15) is 0 Å². The number of hydrogen-bond acceptors (Lipinski definition) is 2. The predicted molar refractivity (Wildman–Crippen MR) is 52.8 cm³/mol. The van der Waals surface area contributed by atoms with Crippen LogP contribution in [0, 0.1) is 5.82 Å². The summed E-state index contributed by atoms with van der Waals surface area (Å²) in [5, 5.41) is 12.9. The van der Waals surface area contributed by atoms with E-state index in [2.05, 4.69) is 12.2 Å². The summed E-state index contributed by atoms with van der Waals surface area (Å²) in [6.45, 7) is 2.88. The van der Waals surface area contributed by atoms with E-state index in [0.29, 0.717) is 6.42 Å². The van der Waals surface area contributed by atoms with Crippen molar-refractivity contribution in [2.24, 2.45) is 0 Å². The molecule has 2 N–H and O–H groups in total. The highest BCUT2D eigenvalue weighted by Crippen LogP contribution is 2.32. The van der Waals surface area contributed by atoms with Crippen molar-refractivity contribution in [3.8, 4) is 5.75 Å². The molecule has 0 aromatic heterocycles. The van der Waals surface area contributed by atoms with E-state index in [4.69, 9.17) is 0 Å². The zero-order valence-electron chi connectivity index (χ0n) is 8.18. The van der Waals surface area contributed by atoms with Crippen LogP contribution >= 0.6 is 0 Å². The molecule has 1 unspecified atom stereocenters. The minimum absolute atomic E-state index is 0.164. The van der Waals surface area contributed by atoms with Crippen LogP contribution in [-0.4, -0.2) is 11.7 Å². The van der Waals surface area contributed by atoms with Crippen molar-refractivity contribution in [1.29, 1.82) is 0 Å². The van der Waals surface area contributed by atoms with Crippen LogP contribution in [-0.2, 0) is 6.42 Å². The molecule has 1 aliphatic heterocycles. The predicted octanol–water partition coefficient (Wildman–Crippen LogP) is 2.13. The van der Waals surface area contributed by atoms with E-state index in [0.717, 1.165) is 24.1 Å². The number of benzene rings is 1. The quantitative estimate of drug-likeness (QED) is 0.719. The van der Waals surface area contributed by atoms with Gasteiger partial charge < -0.3 is 10.4 Å². The van der Waals surface area contributed by atoms with Crippen LogP contribution in [0.3, 0.4) is 0 Å². The van der Waals surface area contributed by atoms with E-state index in [1.165, 1.54) is 6.07 Å². The van der Waals surface area contributed by atoms with Gasteiger partial charge in [0.05, 0.1) is 0 Å². The first-order valence-electron chi connectivity index (χ1n) is 4.97. The molecule has 76 valence electrons. The highest BCUT2D eigenvalue weighted by atomic mass is 19.1. The van der Waals surface area contributed by atoms with Gasteiger partial charge in [-0.25, -0.2) is 4.39 Å². The molecular formula is C11H14FNO. The average molecular weight is 195 g/mol. The van der Waals surface area contributed by atoms with Crippen LogP contribution in [0.5, 0.6) is 5.75 Å². The van der Waals surface area contributed by atoms with E-state index in [9.17, 15) is 9.50 Å². The molecule has 0 fully saturated rings. The minimum Gasteiger partial charge on any atom is -0.505 e. The Morgan fingerprint density at radius 2 is 2.36 bits per heavy atom. The number of aromatic hydroxyl groups is 1. The third-order valence-electron chi connectivity index (χ3n) is 2.82. The maximum atomic E-state index is 13.1. The average Bonchev–Trinajstić information content (AvgIpc) is 2.23. The van der Waals surface area contributed by atoms with Crippen molar-refractivity contribution < 1.29 is 9.50 Å². The molecule has 1 heterocycles. The zero-order valence-corrected chi connectivity index (χ0v) is 8.18. The molecule has 0 saturated carbocycles. The van der Waals surface area contributed by atoms with Crippen LogP contribution in [0.25, 0.3) is 0 Å². The number of fused-ring (bicyclic) bond motifs is 1. The number of rotatable bonds is 1. The van der Waals surface area contributed by atoms with Crippen molar-refractivity contribution >= 4 is 0 Å². The van der Waals surface area contributed by atoms with Gasteiger partial charge in [-0.3, -0.25) is 0 Å². The highest BCUT2D eigenvalue weighted by Gasteiger charge is 2.22. The molecule has 0 saturated heterocycles. The molecule has 2 rings (SSSR count). The lowest BCUT2D eigenvalue weighted by molar-refractivity contribution is 0.410. The summed E-state index contributed by atoms with van der Waals surface area (Å²) in [4.78, 5) is 0. The highest BCUT2D eigenvalue weighted by molar-refractivity contribution is 5.43. The molecule has 1 atom stereocenters. The van der Waals surface area contributed by atoms with Gasteiger partial charge in [-0.2, -0.15) is 0 Å². The molecule has 0 amide bonds. The second-order valence-electron chi connectivity index (χ2n) is 3.63. The SMILES string of the molecule is CCC1NCCc2c1ccc(F)c2O. The topological polar surface area (TPSA) is 32.3 Å². The molecule has 0 radical (unpaired) electrons. The Morgan fingerprint density at radius 1 is 1.57 bits per heavy atom. The van der Waals surface area contributed by atoms with Crippen molar-refractivity contribution in [2.45, 2.75) is 25.8 Å². The molecular weight excluding hydrogens is 181 g/mol. The van der Waals surface area contributed by atoms with Gasteiger partial charge in [0, 0.05) is 11.6 Å². The molecule has 3 heteroatoms. The van der Waals surface area contributed by atoms with Crippen LogP contribution in [0.2, 0.25) is 0 Å². The molecule has 1 aliphatic rings. The standard InChI is InChI=1S/C11H14FNO/c1-2-10-7-3-4-9(12)11(14)8(7)5-6-13-10/h3-4,10,13-14H,2,5-6H2,1H3. The number of phenolic OH excluding ortho intramolecular Hbond substituents is 1. The number of hydrogen-bond donors (Lipinski definition) is 2. The normalized spacial score (nSPS) is 20.6. The van der Waals surface area contributed by atoms with Crippen molar-refractivity contribution in [3.63, 3.8) is 0 Å². The van der Waals surface area contributed by atoms with E-state index >= 15 is 0 Å². The first kappa shape index (κ1) is 9.46. The number of nitrogens with one attached hydrogen (secondary N) is 1. The third-order valence-corrected chi connectivity index (χ3v) is 2.82. The van der Waals surface area contributed by atoms with E-state index < -0.39 is 5.82 Å². The Morgan fingerprint density at radius 3 is 3.07 bits per heavy atom. The fourth-order valence-electron chi connectivity index (χ4n) is 2.06. The summed E-state index contributed by atoms with van der Waals surface area (Å²) in [6.07, 6.45) is 1.66. The molecule has 0 spiro atoms. The first-order valence-corrected chi connectivity index (χ1v) is 4.97. The van der Waals surface area contributed by atoms with E-state index in [1.54, 1.807) is 6.07 Å². The van der Waals surface area contributed by atoms with Gasteiger partial charge in [0.25, 0.3) is 0 Å². The van der Waals surface area contributed by atoms with Crippen LogP contribution in [0.1, 0.15) is 30.5 Å². The van der Waals surface area contributed by atoms with Crippen molar-refractivity contribution in [1.82, 2.24) is 5.32 Å². The fraction of sp³-hybridized carbons (Fsp3) is 0.455. The summed E-state index contributed by atoms with van der Waals surface area (Å²) >= 11 is 0. The summed E-state index contributed by atoms with van der Waals surface area (Å²) < 4.78 is 13.1. The van der Waals surface area contributed by atoms with Gasteiger partial charge in [-0.15, -0.1) is 0 Å². The van der Waals surface area contributed by atoms with E-state index in [1.807, 2.05) is 0 Å². The Balaban J connectivity index is 2.50. The third kappa shape index (κ3) is 1.38. The molecule has 2 nitrogen and oxygen atoms in total. The Bertz CT molecular complexity index is 351.